The highest BCUT2D eigenvalue weighted by Gasteiger charge is 2.31. The summed E-state index contributed by atoms with van der Waals surface area (Å²) in [6.45, 7) is 3.11. The Bertz CT molecular complexity index is 884. The SMILES string of the molecule is CCn1cc(C(=O)NC[C@@H]2CCCO2)c(=O)c2cc(C(F)(F)F)ccc21. The maximum atomic E-state index is 13.0. The largest absolute Gasteiger partial charge is 0.416 e. The molecule has 8 heteroatoms. The molecule has 0 spiro atoms. The van der Waals surface area contributed by atoms with Crippen LogP contribution in [0.25, 0.3) is 10.9 Å². The Morgan fingerprint density at radius 1 is 1.38 bits per heavy atom. The summed E-state index contributed by atoms with van der Waals surface area (Å²) in [6, 6.07) is 3.00. The Balaban J connectivity index is 2.00. The van der Waals surface area contributed by atoms with Crippen molar-refractivity contribution < 1.29 is 22.7 Å². The lowest BCUT2D eigenvalue weighted by Crippen LogP contribution is -2.35. The van der Waals surface area contributed by atoms with Gasteiger partial charge in [0.15, 0.2) is 0 Å². The van der Waals surface area contributed by atoms with E-state index in [9.17, 15) is 22.8 Å². The van der Waals surface area contributed by atoms with Crippen LogP contribution < -0.4 is 10.7 Å². The molecule has 2 heterocycles. The lowest BCUT2D eigenvalue weighted by molar-refractivity contribution is -0.137. The fraction of sp³-hybridized carbons (Fsp3) is 0.444. The van der Waals surface area contributed by atoms with E-state index in [1.165, 1.54) is 12.3 Å². The Hall–Kier alpha value is -2.35. The van der Waals surface area contributed by atoms with E-state index in [2.05, 4.69) is 5.32 Å². The van der Waals surface area contributed by atoms with Gasteiger partial charge < -0.3 is 14.6 Å². The number of fused-ring (bicyclic) bond motifs is 1. The predicted octanol–water partition coefficient (Wildman–Crippen LogP) is 2.95. The van der Waals surface area contributed by atoms with E-state index in [-0.39, 0.29) is 23.6 Å². The fourth-order valence-corrected chi connectivity index (χ4v) is 3.10. The van der Waals surface area contributed by atoms with Gasteiger partial charge in [0.25, 0.3) is 5.91 Å². The van der Waals surface area contributed by atoms with Crippen LogP contribution in [0.15, 0.2) is 29.2 Å². The first kappa shape index (κ1) is 18.4. The summed E-state index contributed by atoms with van der Waals surface area (Å²) in [7, 11) is 0. The predicted molar refractivity (Wildman–Crippen MR) is 90.2 cm³/mol. The van der Waals surface area contributed by atoms with Crippen molar-refractivity contribution in [1.82, 2.24) is 9.88 Å². The van der Waals surface area contributed by atoms with E-state index in [1.54, 1.807) is 11.5 Å². The zero-order chi connectivity index (χ0) is 18.9. The highest BCUT2D eigenvalue weighted by atomic mass is 19.4. The van der Waals surface area contributed by atoms with Gasteiger partial charge >= 0.3 is 6.18 Å². The quantitative estimate of drug-likeness (QED) is 0.903. The minimum absolute atomic E-state index is 0.0929. The Morgan fingerprint density at radius 3 is 2.77 bits per heavy atom. The molecule has 1 N–H and O–H groups in total. The molecule has 1 aromatic carbocycles. The first-order valence-corrected chi connectivity index (χ1v) is 8.45. The number of aryl methyl sites for hydroxylation is 1. The van der Waals surface area contributed by atoms with Gasteiger partial charge in [-0.15, -0.1) is 0 Å². The maximum absolute atomic E-state index is 13.0. The number of halogens is 3. The number of nitrogens with one attached hydrogen (secondary N) is 1. The molecule has 1 aromatic heterocycles. The van der Waals surface area contributed by atoms with Crippen molar-refractivity contribution in [2.24, 2.45) is 0 Å². The molecule has 1 atom stereocenters. The van der Waals surface area contributed by atoms with Crippen molar-refractivity contribution in [3.63, 3.8) is 0 Å². The number of aromatic nitrogens is 1. The molecule has 26 heavy (non-hydrogen) atoms. The lowest BCUT2D eigenvalue weighted by atomic mass is 10.1. The highest BCUT2D eigenvalue weighted by Crippen LogP contribution is 2.30. The molecule has 140 valence electrons. The maximum Gasteiger partial charge on any atom is 0.416 e. The van der Waals surface area contributed by atoms with E-state index >= 15 is 0 Å². The summed E-state index contributed by atoms with van der Waals surface area (Å²) in [6.07, 6.45) is -1.52. The van der Waals surface area contributed by atoms with E-state index in [0.29, 0.717) is 18.7 Å². The van der Waals surface area contributed by atoms with Crippen LogP contribution >= 0.6 is 0 Å². The Morgan fingerprint density at radius 2 is 2.15 bits per heavy atom. The summed E-state index contributed by atoms with van der Waals surface area (Å²) >= 11 is 0. The Kier molecular flexibility index (Phi) is 5.04. The van der Waals surface area contributed by atoms with Crippen LogP contribution in [0.5, 0.6) is 0 Å². The molecule has 0 bridgehead atoms. The number of carbonyl (C=O) groups excluding carboxylic acids is 1. The van der Waals surface area contributed by atoms with E-state index in [0.717, 1.165) is 25.0 Å². The van der Waals surface area contributed by atoms with Gasteiger partial charge in [-0.1, -0.05) is 0 Å². The second-order valence-corrected chi connectivity index (χ2v) is 6.23. The molecule has 0 saturated carbocycles. The number of rotatable bonds is 4. The molecule has 3 rings (SSSR count). The molecular formula is C18H19F3N2O3. The summed E-state index contributed by atoms with van der Waals surface area (Å²) in [5.41, 5.74) is -1.43. The molecule has 1 saturated heterocycles. The molecule has 1 aliphatic rings. The summed E-state index contributed by atoms with van der Waals surface area (Å²) in [4.78, 5) is 25.1. The van der Waals surface area contributed by atoms with Crippen LogP contribution in [-0.4, -0.2) is 29.7 Å². The van der Waals surface area contributed by atoms with Gasteiger partial charge in [0, 0.05) is 31.3 Å². The van der Waals surface area contributed by atoms with Gasteiger partial charge in [-0.2, -0.15) is 13.2 Å². The number of nitrogens with zero attached hydrogens (tertiary/aromatic N) is 1. The third kappa shape index (κ3) is 3.60. The first-order valence-electron chi connectivity index (χ1n) is 8.45. The van der Waals surface area contributed by atoms with Crippen LogP contribution in [0, 0.1) is 0 Å². The molecule has 0 aliphatic carbocycles. The van der Waals surface area contributed by atoms with Crippen LogP contribution in [-0.2, 0) is 17.5 Å². The van der Waals surface area contributed by atoms with Gasteiger partial charge in [-0.05, 0) is 38.0 Å². The number of carbonyl (C=O) groups is 1. The van der Waals surface area contributed by atoms with Crippen molar-refractivity contribution in [3.8, 4) is 0 Å². The van der Waals surface area contributed by atoms with Crippen LogP contribution in [0.3, 0.4) is 0 Å². The number of benzene rings is 1. The van der Waals surface area contributed by atoms with Crippen molar-refractivity contribution in [1.29, 1.82) is 0 Å². The molecule has 0 unspecified atom stereocenters. The van der Waals surface area contributed by atoms with E-state index in [1.807, 2.05) is 0 Å². The van der Waals surface area contributed by atoms with Crippen molar-refractivity contribution in [2.75, 3.05) is 13.2 Å². The van der Waals surface area contributed by atoms with Crippen molar-refractivity contribution in [3.05, 3.63) is 45.7 Å². The number of hydrogen-bond donors (Lipinski definition) is 1. The number of amides is 1. The van der Waals surface area contributed by atoms with Crippen LogP contribution in [0.4, 0.5) is 13.2 Å². The van der Waals surface area contributed by atoms with E-state index < -0.39 is 23.1 Å². The van der Waals surface area contributed by atoms with Gasteiger partial charge in [0.2, 0.25) is 5.43 Å². The molecular weight excluding hydrogens is 349 g/mol. The average molecular weight is 368 g/mol. The molecule has 1 aliphatic heterocycles. The normalized spacial score (nSPS) is 17.6. The minimum atomic E-state index is -4.56. The number of pyridine rings is 1. The summed E-state index contributed by atoms with van der Waals surface area (Å²) < 4.78 is 46.0. The molecule has 2 aromatic rings. The number of ether oxygens (including phenoxy) is 1. The molecule has 5 nitrogen and oxygen atoms in total. The van der Waals surface area contributed by atoms with Crippen molar-refractivity contribution >= 4 is 16.8 Å². The van der Waals surface area contributed by atoms with Gasteiger partial charge in [0.1, 0.15) is 5.56 Å². The summed E-state index contributed by atoms with van der Waals surface area (Å²) in [5, 5.41) is 2.52. The topological polar surface area (TPSA) is 60.3 Å². The van der Waals surface area contributed by atoms with Crippen LogP contribution in [0.2, 0.25) is 0 Å². The average Bonchev–Trinajstić information content (AvgIpc) is 3.12. The van der Waals surface area contributed by atoms with E-state index in [4.69, 9.17) is 4.74 Å². The van der Waals surface area contributed by atoms with Crippen LogP contribution in [0.1, 0.15) is 35.7 Å². The van der Waals surface area contributed by atoms with Gasteiger partial charge in [-0.3, -0.25) is 9.59 Å². The van der Waals surface area contributed by atoms with Gasteiger partial charge in [-0.25, -0.2) is 0 Å². The highest BCUT2D eigenvalue weighted by molar-refractivity contribution is 5.97. The molecule has 0 radical (unpaired) electrons. The zero-order valence-electron chi connectivity index (χ0n) is 14.2. The third-order valence-electron chi connectivity index (χ3n) is 4.51. The standard InChI is InChI=1S/C18H19F3N2O3/c1-2-23-10-14(17(25)22-9-12-4-3-7-26-12)16(24)13-8-11(18(19,20)21)5-6-15(13)23/h5-6,8,10,12H,2-4,7,9H2,1H3,(H,22,25)/t12-/m0/s1. The number of hydrogen-bond acceptors (Lipinski definition) is 3. The lowest BCUT2D eigenvalue weighted by Gasteiger charge is -2.15. The smallest absolute Gasteiger partial charge is 0.376 e. The summed E-state index contributed by atoms with van der Waals surface area (Å²) in [5.74, 6) is -0.605. The molecule has 1 fully saturated rings. The van der Waals surface area contributed by atoms with Crippen molar-refractivity contribution in [2.45, 2.75) is 38.6 Å². The third-order valence-corrected chi connectivity index (χ3v) is 4.51. The minimum Gasteiger partial charge on any atom is -0.376 e. The fourth-order valence-electron chi connectivity index (χ4n) is 3.10. The monoisotopic (exact) mass is 368 g/mol. The zero-order valence-corrected chi connectivity index (χ0v) is 14.2. The Labute approximate surface area is 147 Å². The van der Waals surface area contributed by atoms with Gasteiger partial charge in [0.05, 0.1) is 17.2 Å². The second kappa shape index (κ2) is 7.11. The molecule has 1 amide bonds. The number of alkyl halides is 3. The first-order chi connectivity index (χ1) is 12.3. The second-order valence-electron chi connectivity index (χ2n) is 6.23.